The molecule has 1 aliphatic rings. The van der Waals surface area contributed by atoms with Crippen LogP contribution in [0, 0.1) is 11.7 Å². The van der Waals surface area contributed by atoms with Gasteiger partial charge in [-0.05, 0) is 66.8 Å². The van der Waals surface area contributed by atoms with E-state index < -0.39 is 21.6 Å². The first-order chi connectivity index (χ1) is 16.3. The Kier molecular flexibility index (Phi) is 7.60. The molecule has 0 atom stereocenters. The Morgan fingerprint density at radius 2 is 1.68 bits per heavy atom. The summed E-state index contributed by atoms with van der Waals surface area (Å²) in [7, 11) is -3.75. The minimum atomic E-state index is -3.75. The third-order valence-electron chi connectivity index (χ3n) is 5.99. The van der Waals surface area contributed by atoms with Crippen molar-refractivity contribution in [1.82, 2.24) is 9.29 Å². The summed E-state index contributed by atoms with van der Waals surface area (Å²) in [6.07, 6.45) is 5.10. The van der Waals surface area contributed by atoms with Gasteiger partial charge in [0.15, 0.2) is 0 Å². The molecule has 1 aromatic heterocycles. The molecule has 6 nitrogen and oxygen atoms in total. The molecule has 1 N–H and O–H groups in total. The second-order valence-corrected chi connectivity index (χ2v) is 10.7. The number of rotatable bonds is 7. The minimum absolute atomic E-state index is 0.0311. The Hall–Kier alpha value is -2.81. The van der Waals surface area contributed by atoms with Gasteiger partial charge in [-0.1, -0.05) is 29.8 Å². The highest BCUT2D eigenvalue weighted by atomic mass is 35.5. The van der Waals surface area contributed by atoms with E-state index in [1.807, 2.05) is 36.4 Å². The molecule has 0 radical (unpaired) electrons. The zero-order valence-electron chi connectivity index (χ0n) is 18.5. The van der Waals surface area contributed by atoms with Crippen molar-refractivity contribution in [1.29, 1.82) is 0 Å². The molecule has 1 amide bonds. The number of benzene rings is 2. The smallest absolute Gasteiger partial charge is 0.227 e. The van der Waals surface area contributed by atoms with Crippen LogP contribution >= 0.6 is 11.6 Å². The average Bonchev–Trinajstić information content (AvgIpc) is 2.83. The topological polar surface area (TPSA) is 79.4 Å². The lowest BCUT2D eigenvalue weighted by atomic mass is 9.97. The van der Waals surface area contributed by atoms with Gasteiger partial charge in [-0.2, -0.15) is 0 Å². The van der Waals surface area contributed by atoms with Gasteiger partial charge < -0.3 is 5.32 Å². The molecule has 0 spiro atoms. The standard InChI is InChI=1S/C25H25ClFN3O3S/c26-23-2-1-3-24(27)22(23)17-34(32,33)30-14-10-20(11-15-30)25(31)29-21-6-4-18(5-7-21)16-19-8-12-28-13-9-19/h1-9,12-13,20H,10-11,14-17H2,(H,29,31). The van der Waals surface area contributed by atoms with E-state index in [2.05, 4.69) is 10.3 Å². The summed E-state index contributed by atoms with van der Waals surface area (Å²) < 4.78 is 40.9. The molecule has 0 aliphatic carbocycles. The fourth-order valence-electron chi connectivity index (χ4n) is 4.03. The van der Waals surface area contributed by atoms with Gasteiger partial charge in [0.1, 0.15) is 5.82 Å². The lowest BCUT2D eigenvalue weighted by Gasteiger charge is -2.30. The number of carbonyl (C=O) groups excluding carboxylic acids is 1. The Balaban J connectivity index is 1.30. The van der Waals surface area contributed by atoms with Gasteiger partial charge >= 0.3 is 0 Å². The molecular formula is C25H25ClFN3O3S. The van der Waals surface area contributed by atoms with Crippen LogP contribution in [-0.4, -0.2) is 36.7 Å². The monoisotopic (exact) mass is 501 g/mol. The van der Waals surface area contributed by atoms with Crippen molar-refractivity contribution < 1.29 is 17.6 Å². The van der Waals surface area contributed by atoms with Crippen LogP contribution in [0.25, 0.3) is 0 Å². The maximum atomic E-state index is 14.0. The molecule has 9 heteroatoms. The fraction of sp³-hybridized carbons (Fsp3) is 0.280. The second-order valence-electron chi connectivity index (χ2n) is 8.35. The summed E-state index contributed by atoms with van der Waals surface area (Å²) in [5.74, 6) is -1.56. The summed E-state index contributed by atoms with van der Waals surface area (Å²) in [5.41, 5.74) is 2.95. The number of anilines is 1. The number of nitrogens with zero attached hydrogens (tertiary/aromatic N) is 2. The number of pyridine rings is 1. The van der Waals surface area contributed by atoms with Crippen LogP contribution in [0.15, 0.2) is 67.0 Å². The maximum Gasteiger partial charge on any atom is 0.227 e. The molecule has 0 saturated carbocycles. The van der Waals surface area contributed by atoms with E-state index in [-0.39, 0.29) is 35.5 Å². The number of hydrogen-bond acceptors (Lipinski definition) is 4. The molecule has 1 saturated heterocycles. The lowest BCUT2D eigenvalue weighted by molar-refractivity contribution is -0.120. The van der Waals surface area contributed by atoms with Gasteiger partial charge in [0.2, 0.25) is 15.9 Å². The van der Waals surface area contributed by atoms with Crippen molar-refractivity contribution >= 4 is 33.2 Å². The highest BCUT2D eigenvalue weighted by molar-refractivity contribution is 7.88. The van der Waals surface area contributed by atoms with E-state index in [1.165, 1.54) is 22.5 Å². The van der Waals surface area contributed by atoms with Crippen molar-refractivity contribution in [3.8, 4) is 0 Å². The molecule has 178 valence electrons. The van der Waals surface area contributed by atoms with Gasteiger partial charge in [0, 0.05) is 47.7 Å². The summed E-state index contributed by atoms with van der Waals surface area (Å²) in [4.78, 5) is 16.7. The number of halogens is 2. The van der Waals surface area contributed by atoms with Gasteiger partial charge in [-0.3, -0.25) is 9.78 Å². The highest BCUT2D eigenvalue weighted by Crippen LogP contribution is 2.26. The van der Waals surface area contributed by atoms with Gasteiger partial charge in [0.25, 0.3) is 0 Å². The van der Waals surface area contributed by atoms with Crippen LogP contribution < -0.4 is 5.32 Å². The van der Waals surface area contributed by atoms with Crippen molar-refractivity contribution in [3.63, 3.8) is 0 Å². The summed E-state index contributed by atoms with van der Waals surface area (Å²) in [6.45, 7) is 0.411. The number of piperidine rings is 1. The molecule has 34 heavy (non-hydrogen) atoms. The molecule has 4 rings (SSSR count). The number of carbonyl (C=O) groups is 1. The molecule has 1 aliphatic heterocycles. The predicted octanol–water partition coefficient (Wildman–Crippen LogP) is 4.65. The molecule has 0 unspecified atom stereocenters. The van der Waals surface area contributed by atoms with E-state index in [4.69, 9.17) is 11.6 Å². The molecule has 1 fully saturated rings. The molecule has 2 heterocycles. The van der Waals surface area contributed by atoms with Crippen LogP contribution in [0.1, 0.15) is 29.5 Å². The van der Waals surface area contributed by atoms with Crippen LogP contribution in [0.3, 0.4) is 0 Å². The SMILES string of the molecule is O=C(Nc1ccc(Cc2ccncc2)cc1)C1CCN(S(=O)(=O)Cc2c(F)cccc2Cl)CC1. The van der Waals surface area contributed by atoms with Crippen molar-refractivity contribution in [2.75, 3.05) is 18.4 Å². The van der Waals surface area contributed by atoms with Crippen LogP contribution in [0.2, 0.25) is 5.02 Å². The third kappa shape index (κ3) is 6.00. The largest absolute Gasteiger partial charge is 0.326 e. The quantitative estimate of drug-likeness (QED) is 0.511. The van der Waals surface area contributed by atoms with E-state index in [0.29, 0.717) is 18.5 Å². The number of hydrogen-bond donors (Lipinski definition) is 1. The zero-order chi connectivity index (χ0) is 24.1. The van der Waals surface area contributed by atoms with Crippen molar-refractivity contribution in [2.45, 2.75) is 25.0 Å². The first-order valence-electron chi connectivity index (χ1n) is 11.0. The normalized spacial score (nSPS) is 15.2. The highest BCUT2D eigenvalue weighted by Gasteiger charge is 2.32. The number of sulfonamides is 1. The minimum Gasteiger partial charge on any atom is -0.326 e. The molecule has 2 aromatic carbocycles. The number of aromatic nitrogens is 1. The molecule has 0 bridgehead atoms. The lowest BCUT2D eigenvalue weighted by Crippen LogP contribution is -2.42. The Morgan fingerprint density at radius 3 is 2.32 bits per heavy atom. The second kappa shape index (κ2) is 10.6. The summed E-state index contributed by atoms with van der Waals surface area (Å²) in [5, 5.41) is 3.01. The Labute approximate surface area is 203 Å². The Bertz CT molecular complexity index is 1230. The number of nitrogens with one attached hydrogen (secondary N) is 1. The average molecular weight is 502 g/mol. The van der Waals surface area contributed by atoms with Crippen molar-refractivity contribution in [3.05, 3.63) is 94.5 Å². The Morgan fingerprint density at radius 1 is 1.03 bits per heavy atom. The van der Waals surface area contributed by atoms with Gasteiger partial charge in [-0.15, -0.1) is 0 Å². The van der Waals surface area contributed by atoms with E-state index in [0.717, 1.165) is 17.5 Å². The first-order valence-corrected chi connectivity index (χ1v) is 13.0. The fourth-order valence-corrected chi connectivity index (χ4v) is 5.94. The predicted molar refractivity (Wildman–Crippen MR) is 130 cm³/mol. The third-order valence-corrected chi connectivity index (χ3v) is 8.15. The van der Waals surface area contributed by atoms with Gasteiger partial charge in [0.05, 0.1) is 5.75 Å². The number of amides is 1. The summed E-state index contributed by atoms with van der Waals surface area (Å²) >= 11 is 5.99. The van der Waals surface area contributed by atoms with Crippen LogP contribution in [0.4, 0.5) is 10.1 Å². The van der Waals surface area contributed by atoms with E-state index in [1.54, 1.807) is 12.4 Å². The molecule has 3 aromatic rings. The van der Waals surface area contributed by atoms with Crippen LogP contribution in [0.5, 0.6) is 0 Å². The van der Waals surface area contributed by atoms with Gasteiger partial charge in [-0.25, -0.2) is 17.1 Å². The van der Waals surface area contributed by atoms with Crippen LogP contribution in [-0.2, 0) is 27.0 Å². The maximum absolute atomic E-state index is 14.0. The molecular weight excluding hydrogens is 477 g/mol. The first kappa shape index (κ1) is 24.3. The van der Waals surface area contributed by atoms with E-state index >= 15 is 0 Å². The zero-order valence-corrected chi connectivity index (χ0v) is 20.0. The summed E-state index contributed by atoms with van der Waals surface area (Å²) in [6, 6.07) is 15.7. The van der Waals surface area contributed by atoms with E-state index in [9.17, 15) is 17.6 Å². The van der Waals surface area contributed by atoms with Crippen molar-refractivity contribution in [2.24, 2.45) is 5.92 Å².